The number of benzene rings is 2. The highest BCUT2D eigenvalue weighted by Crippen LogP contribution is 2.29. The summed E-state index contributed by atoms with van der Waals surface area (Å²) < 4.78 is 5.88. The lowest BCUT2D eigenvalue weighted by atomic mass is 10.2. The van der Waals surface area contributed by atoms with Crippen molar-refractivity contribution in [3.63, 3.8) is 0 Å². The molecule has 0 aliphatic rings. The van der Waals surface area contributed by atoms with Gasteiger partial charge in [0.25, 0.3) is 5.91 Å². The minimum atomic E-state index is -0.320. The highest BCUT2D eigenvalue weighted by molar-refractivity contribution is 6.04. The zero-order valence-electron chi connectivity index (χ0n) is 16.0. The van der Waals surface area contributed by atoms with Gasteiger partial charge < -0.3 is 15.4 Å². The van der Waals surface area contributed by atoms with Crippen LogP contribution in [0.15, 0.2) is 91.5 Å². The Morgan fingerprint density at radius 1 is 0.867 bits per heavy atom. The van der Waals surface area contributed by atoms with E-state index in [4.69, 9.17) is 4.74 Å². The summed E-state index contributed by atoms with van der Waals surface area (Å²) >= 11 is 0. The maximum absolute atomic E-state index is 12.6. The number of pyridine rings is 1. The van der Waals surface area contributed by atoms with Crippen molar-refractivity contribution < 1.29 is 9.53 Å². The molecular formula is C23H19N5O2. The third kappa shape index (κ3) is 4.96. The van der Waals surface area contributed by atoms with Crippen LogP contribution in [0.1, 0.15) is 15.9 Å². The van der Waals surface area contributed by atoms with Crippen LogP contribution in [-0.4, -0.2) is 20.9 Å². The minimum absolute atomic E-state index is 0.320. The number of aromatic nitrogens is 3. The highest BCUT2D eigenvalue weighted by Gasteiger charge is 2.11. The zero-order valence-corrected chi connectivity index (χ0v) is 16.0. The summed E-state index contributed by atoms with van der Waals surface area (Å²) in [5.41, 5.74) is 1.97. The summed E-state index contributed by atoms with van der Waals surface area (Å²) in [6.07, 6.45) is 6.42. The van der Waals surface area contributed by atoms with Crippen molar-refractivity contribution in [2.24, 2.45) is 0 Å². The first-order valence-corrected chi connectivity index (χ1v) is 9.36. The van der Waals surface area contributed by atoms with Crippen molar-refractivity contribution in [3.05, 3.63) is 103 Å². The van der Waals surface area contributed by atoms with Crippen molar-refractivity contribution in [2.75, 3.05) is 10.6 Å². The number of nitrogens with zero attached hydrogens (tertiary/aromatic N) is 3. The van der Waals surface area contributed by atoms with Crippen molar-refractivity contribution in [1.29, 1.82) is 0 Å². The Balaban J connectivity index is 1.40. The first kappa shape index (κ1) is 19.1. The summed E-state index contributed by atoms with van der Waals surface area (Å²) in [5.74, 6) is 1.36. The molecule has 30 heavy (non-hydrogen) atoms. The fourth-order valence-corrected chi connectivity index (χ4v) is 2.69. The minimum Gasteiger partial charge on any atom is -0.455 e. The Kier molecular flexibility index (Phi) is 5.91. The highest BCUT2D eigenvalue weighted by atomic mass is 16.5. The number of nitrogens with one attached hydrogen (secondary N) is 2. The van der Waals surface area contributed by atoms with Gasteiger partial charge in [-0.15, -0.1) is 0 Å². The average molecular weight is 397 g/mol. The van der Waals surface area contributed by atoms with E-state index in [1.165, 1.54) is 12.4 Å². The lowest BCUT2D eigenvalue weighted by Gasteiger charge is -2.12. The molecule has 0 spiro atoms. The number of anilines is 2. The normalized spacial score (nSPS) is 10.3. The fraction of sp³-hybridized carbons (Fsp3) is 0.0435. The van der Waals surface area contributed by atoms with Gasteiger partial charge in [0.2, 0.25) is 5.95 Å². The summed E-state index contributed by atoms with van der Waals surface area (Å²) in [5, 5.41) is 5.96. The van der Waals surface area contributed by atoms with Gasteiger partial charge in [-0.3, -0.25) is 9.78 Å². The van der Waals surface area contributed by atoms with Crippen LogP contribution in [0.2, 0.25) is 0 Å². The van der Waals surface area contributed by atoms with E-state index in [1.807, 2.05) is 54.6 Å². The average Bonchev–Trinajstić information content (AvgIpc) is 2.81. The molecule has 7 heteroatoms. The maximum atomic E-state index is 12.6. The van der Waals surface area contributed by atoms with Gasteiger partial charge in [0.05, 0.1) is 11.3 Å². The second-order valence-electron chi connectivity index (χ2n) is 6.37. The first-order valence-electron chi connectivity index (χ1n) is 9.36. The molecular weight excluding hydrogens is 378 g/mol. The Bertz CT molecular complexity index is 1100. The number of carbonyl (C=O) groups excluding carboxylic acids is 1. The van der Waals surface area contributed by atoms with Gasteiger partial charge >= 0.3 is 0 Å². The third-order valence-electron chi connectivity index (χ3n) is 4.22. The van der Waals surface area contributed by atoms with E-state index in [-0.39, 0.29) is 5.91 Å². The van der Waals surface area contributed by atoms with Crippen LogP contribution >= 0.6 is 0 Å². The smallest absolute Gasteiger partial charge is 0.258 e. The summed E-state index contributed by atoms with van der Waals surface area (Å²) in [6, 6.07) is 20.5. The molecule has 2 heterocycles. The molecule has 0 radical (unpaired) electrons. The van der Waals surface area contributed by atoms with Crippen molar-refractivity contribution >= 4 is 17.5 Å². The molecule has 0 fully saturated rings. The molecule has 1 amide bonds. The number of para-hydroxylation sites is 3. The van der Waals surface area contributed by atoms with Gasteiger partial charge in [-0.2, -0.15) is 0 Å². The molecule has 4 aromatic rings. The molecule has 0 aliphatic heterocycles. The van der Waals surface area contributed by atoms with Gasteiger partial charge in [0.1, 0.15) is 5.75 Å². The van der Waals surface area contributed by atoms with Crippen LogP contribution in [0.5, 0.6) is 11.5 Å². The van der Waals surface area contributed by atoms with E-state index < -0.39 is 0 Å². The number of ether oxygens (including phenoxy) is 1. The van der Waals surface area contributed by atoms with Gasteiger partial charge in [0, 0.05) is 31.3 Å². The summed E-state index contributed by atoms with van der Waals surface area (Å²) in [6.45, 7) is 0.568. The van der Waals surface area contributed by atoms with Gasteiger partial charge in [-0.1, -0.05) is 30.3 Å². The van der Waals surface area contributed by atoms with E-state index >= 15 is 0 Å². The van der Waals surface area contributed by atoms with Crippen LogP contribution in [0.4, 0.5) is 11.6 Å². The quantitative estimate of drug-likeness (QED) is 0.476. The zero-order chi connectivity index (χ0) is 20.6. The van der Waals surface area contributed by atoms with Crippen molar-refractivity contribution in [1.82, 2.24) is 15.0 Å². The standard InChI is InChI=1S/C23H19N5O2/c29-22(18-15-26-23(27-16-18)25-14-17-10-12-24-13-11-17)28-20-8-4-5-9-21(20)30-19-6-2-1-3-7-19/h1-13,15-16H,14H2,(H,28,29)(H,25,26,27). The molecule has 4 rings (SSSR count). The van der Waals surface area contributed by atoms with Crippen molar-refractivity contribution in [3.8, 4) is 11.5 Å². The van der Waals surface area contributed by atoms with E-state index in [0.29, 0.717) is 35.2 Å². The summed E-state index contributed by atoms with van der Waals surface area (Å²) in [4.78, 5) is 25.1. The molecule has 7 nitrogen and oxygen atoms in total. The van der Waals surface area contributed by atoms with E-state index in [2.05, 4.69) is 25.6 Å². The fourth-order valence-electron chi connectivity index (χ4n) is 2.69. The van der Waals surface area contributed by atoms with Gasteiger partial charge in [-0.25, -0.2) is 9.97 Å². The molecule has 148 valence electrons. The predicted octanol–water partition coefficient (Wildman–Crippen LogP) is 4.53. The van der Waals surface area contributed by atoms with Gasteiger partial charge in [-0.05, 0) is 42.0 Å². The van der Waals surface area contributed by atoms with E-state index in [0.717, 1.165) is 5.56 Å². The number of carbonyl (C=O) groups is 1. The lowest BCUT2D eigenvalue weighted by Crippen LogP contribution is -2.14. The maximum Gasteiger partial charge on any atom is 0.258 e. The molecule has 2 aromatic carbocycles. The molecule has 2 N–H and O–H groups in total. The van der Waals surface area contributed by atoms with Crippen LogP contribution < -0.4 is 15.4 Å². The number of hydrogen-bond acceptors (Lipinski definition) is 6. The van der Waals surface area contributed by atoms with Crippen LogP contribution in [0.3, 0.4) is 0 Å². The molecule has 0 saturated carbocycles. The second kappa shape index (κ2) is 9.29. The van der Waals surface area contributed by atoms with Crippen molar-refractivity contribution in [2.45, 2.75) is 6.54 Å². The van der Waals surface area contributed by atoms with E-state index in [1.54, 1.807) is 24.5 Å². The lowest BCUT2D eigenvalue weighted by molar-refractivity contribution is 0.102. The summed E-state index contributed by atoms with van der Waals surface area (Å²) in [7, 11) is 0. The Morgan fingerprint density at radius 3 is 2.33 bits per heavy atom. The third-order valence-corrected chi connectivity index (χ3v) is 4.22. The van der Waals surface area contributed by atoms with Gasteiger partial charge in [0.15, 0.2) is 5.75 Å². The Labute approximate surface area is 173 Å². The van der Waals surface area contributed by atoms with Crippen LogP contribution in [0.25, 0.3) is 0 Å². The second-order valence-corrected chi connectivity index (χ2v) is 6.37. The molecule has 0 bridgehead atoms. The molecule has 0 unspecified atom stereocenters. The number of amides is 1. The van der Waals surface area contributed by atoms with Crippen LogP contribution in [0, 0.1) is 0 Å². The van der Waals surface area contributed by atoms with E-state index in [9.17, 15) is 4.79 Å². The Hall–Kier alpha value is -4.26. The topological polar surface area (TPSA) is 89.0 Å². The molecule has 0 aliphatic carbocycles. The monoisotopic (exact) mass is 397 g/mol. The Morgan fingerprint density at radius 2 is 1.57 bits per heavy atom. The first-order chi connectivity index (χ1) is 14.8. The molecule has 0 saturated heterocycles. The predicted molar refractivity (Wildman–Crippen MR) is 115 cm³/mol. The van der Waals surface area contributed by atoms with Crippen LogP contribution in [-0.2, 0) is 6.54 Å². The number of rotatable bonds is 7. The largest absolute Gasteiger partial charge is 0.455 e. The number of hydrogen-bond donors (Lipinski definition) is 2. The molecule has 0 atom stereocenters. The molecule has 2 aromatic heterocycles. The SMILES string of the molecule is O=C(Nc1ccccc1Oc1ccccc1)c1cnc(NCc2ccncc2)nc1.